The molecule has 8 heteroatoms. The summed E-state index contributed by atoms with van der Waals surface area (Å²) >= 11 is 3.35. The van der Waals surface area contributed by atoms with Gasteiger partial charge in [-0.15, -0.1) is 0 Å². The van der Waals surface area contributed by atoms with Gasteiger partial charge < -0.3 is 14.2 Å². The number of hydrogen-bond donors (Lipinski definition) is 1. The van der Waals surface area contributed by atoms with Crippen LogP contribution in [-0.4, -0.2) is 26.7 Å². The van der Waals surface area contributed by atoms with Gasteiger partial charge in [-0.25, -0.2) is 0 Å². The van der Waals surface area contributed by atoms with Gasteiger partial charge in [-0.2, -0.15) is 9.97 Å². The molecule has 0 fully saturated rings. The number of hydrogen-bond acceptors (Lipinski definition) is 6. The molecule has 0 saturated heterocycles. The molecule has 0 bridgehead atoms. The van der Waals surface area contributed by atoms with Crippen molar-refractivity contribution in [3.8, 4) is 0 Å². The molecule has 7 nitrogen and oxygen atoms in total. The van der Waals surface area contributed by atoms with Gasteiger partial charge in [-0.1, -0.05) is 21.1 Å². The highest BCUT2D eigenvalue weighted by molar-refractivity contribution is 9.10. The molecule has 0 radical (unpaired) electrons. The molecule has 2 aromatic heterocycles. The van der Waals surface area contributed by atoms with E-state index in [1.807, 2.05) is 18.2 Å². The number of nitrogens with one attached hydrogen (secondary N) is 1. The van der Waals surface area contributed by atoms with E-state index >= 15 is 0 Å². The number of rotatable bonds is 3. The van der Waals surface area contributed by atoms with Crippen LogP contribution in [0.15, 0.2) is 38.1 Å². The first-order valence-corrected chi connectivity index (χ1v) is 8.33. The van der Waals surface area contributed by atoms with Crippen molar-refractivity contribution in [1.82, 2.24) is 20.1 Å². The summed E-state index contributed by atoms with van der Waals surface area (Å²) in [4.78, 5) is 23.6. The van der Waals surface area contributed by atoms with Crippen molar-refractivity contribution < 1.29 is 9.26 Å². The van der Waals surface area contributed by atoms with Crippen molar-refractivity contribution in [3.05, 3.63) is 56.6 Å². The fourth-order valence-corrected chi connectivity index (χ4v) is 2.90. The summed E-state index contributed by atoms with van der Waals surface area (Å²) in [6, 6.07) is 5.42. The number of fused-ring (bicyclic) bond motifs is 1. The monoisotopic (exact) mass is 388 g/mol. The van der Waals surface area contributed by atoms with Crippen molar-refractivity contribution in [2.45, 2.75) is 19.3 Å². The smallest absolute Gasteiger partial charge is 0.280 e. The van der Waals surface area contributed by atoms with Gasteiger partial charge in [0, 0.05) is 4.47 Å². The fourth-order valence-electron chi connectivity index (χ4n) is 2.54. The Morgan fingerprint density at radius 3 is 3.04 bits per heavy atom. The number of halogens is 1. The second kappa shape index (κ2) is 6.20. The number of H-pyrrole nitrogens is 1. The molecular weight excluding hydrogens is 376 g/mol. The Kier molecular flexibility index (Phi) is 3.89. The van der Waals surface area contributed by atoms with Crippen LogP contribution in [0.25, 0.3) is 16.7 Å². The SMILES string of the molecule is O=c1nc(Cc2nc(C3=CCCCO3)no2)[nH]c2ccc(Br)cc12. The van der Waals surface area contributed by atoms with E-state index in [-0.39, 0.29) is 12.0 Å². The summed E-state index contributed by atoms with van der Waals surface area (Å²) in [7, 11) is 0. The van der Waals surface area contributed by atoms with E-state index < -0.39 is 0 Å². The van der Waals surface area contributed by atoms with Crippen LogP contribution in [0.5, 0.6) is 0 Å². The molecule has 4 rings (SSSR count). The van der Waals surface area contributed by atoms with E-state index in [2.05, 4.69) is 36.0 Å². The minimum absolute atomic E-state index is 0.252. The lowest BCUT2D eigenvalue weighted by molar-refractivity contribution is 0.254. The molecule has 3 aromatic rings. The maximum atomic E-state index is 12.1. The minimum atomic E-state index is -0.293. The highest BCUT2D eigenvalue weighted by Crippen LogP contribution is 2.19. The number of benzene rings is 1. The average Bonchev–Trinajstić information content (AvgIpc) is 3.05. The average molecular weight is 389 g/mol. The van der Waals surface area contributed by atoms with Gasteiger partial charge in [-0.3, -0.25) is 4.79 Å². The van der Waals surface area contributed by atoms with Crippen LogP contribution in [0.2, 0.25) is 0 Å². The normalized spacial score (nSPS) is 14.5. The van der Waals surface area contributed by atoms with Gasteiger partial charge in [0.25, 0.3) is 5.56 Å². The molecule has 3 heterocycles. The van der Waals surface area contributed by atoms with E-state index in [0.717, 1.165) is 17.3 Å². The standard InChI is InChI=1S/C16H13BrN4O3/c17-9-4-5-11-10(7-9)16(22)19-13(18-11)8-14-20-15(21-24-14)12-3-1-2-6-23-12/h3-5,7H,1-2,6,8H2,(H,18,19,22). The number of aromatic nitrogens is 4. The Hall–Kier alpha value is -2.48. The van der Waals surface area contributed by atoms with Crippen molar-refractivity contribution in [2.24, 2.45) is 0 Å². The molecule has 1 N–H and O–H groups in total. The van der Waals surface area contributed by atoms with E-state index in [4.69, 9.17) is 9.26 Å². The Labute approximate surface area is 144 Å². The Bertz CT molecular complexity index is 992. The molecule has 0 saturated carbocycles. The van der Waals surface area contributed by atoms with Crippen LogP contribution >= 0.6 is 15.9 Å². The summed E-state index contributed by atoms with van der Waals surface area (Å²) in [6.45, 7) is 0.658. The van der Waals surface area contributed by atoms with Gasteiger partial charge in [0.05, 0.1) is 23.9 Å². The minimum Gasteiger partial charge on any atom is -0.490 e. The second-order valence-electron chi connectivity index (χ2n) is 5.43. The third-order valence-corrected chi connectivity index (χ3v) is 4.16. The van der Waals surface area contributed by atoms with Crippen molar-refractivity contribution >= 4 is 32.6 Å². The van der Waals surface area contributed by atoms with Crippen LogP contribution in [0.1, 0.15) is 30.4 Å². The maximum Gasteiger partial charge on any atom is 0.280 e. The molecule has 0 spiro atoms. The van der Waals surface area contributed by atoms with Crippen molar-refractivity contribution in [3.63, 3.8) is 0 Å². The topological polar surface area (TPSA) is 93.9 Å². The van der Waals surface area contributed by atoms with E-state index in [9.17, 15) is 4.79 Å². The number of ether oxygens (including phenoxy) is 1. The number of aromatic amines is 1. The molecule has 0 aliphatic carbocycles. The van der Waals surface area contributed by atoms with Gasteiger partial charge >= 0.3 is 0 Å². The molecule has 0 atom stereocenters. The Morgan fingerprint density at radius 1 is 1.29 bits per heavy atom. The predicted molar refractivity (Wildman–Crippen MR) is 90.3 cm³/mol. The highest BCUT2D eigenvalue weighted by atomic mass is 79.9. The lowest BCUT2D eigenvalue weighted by Crippen LogP contribution is -2.12. The molecule has 122 valence electrons. The zero-order chi connectivity index (χ0) is 16.5. The van der Waals surface area contributed by atoms with E-state index in [1.165, 1.54) is 0 Å². The molecule has 0 amide bonds. The zero-order valence-corrected chi connectivity index (χ0v) is 14.2. The van der Waals surface area contributed by atoms with Crippen LogP contribution in [0.3, 0.4) is 0 Å². The van der Waals surface area contributed by atoms with Gasteiger partial charge in [0.1, 0.15) is 5.82 Å². The maximum absolute atomic E-state index is 12.1. The summed E-state index contributed by atoms with van der Waals surface area (Å²) in [5.41, 5.74) is 0.421. The van der Waals surface area contributed by atoms with Crippen LogP contribution in [0.4, 0.5) is 0 Å². The Morgan fingerprint density at radius 2 is 2.21 bits per heavy atom. The lowest BCUT2D eigenvalue weighted by Gasteiger charge is -2.10. The Balaban J connectivity index is 1.63. The number of allylic oxidation sites excluding steroid dienone is 1. The van der Waals surface area contributed by atoms with Crippen LogP contribution in [0, 0.1) is 0 Å². The third kappa shape index (κ3) is 2.96. The lowest BCUT2D eigenvalue weighted by atomic mass is 10.2. The largest absolute Gasteiger partial charge is 0.490 e. The molecule has 1 aliphatic heterocycles. The van der Waals surface area contributed by atoms with Gasteiger partial charge in [0.2, 0.25) is 11.7 Å². The molecule has 24 heavy (non-hydrogen) atoms. The van der Waals surface area contributed by atoms with E-state index in [1.54, 1.807) is 6.07 Å². The fraction of sp³-hybridized carbons (Fsp3) is 0.250. The van der Waals surface area contributed by atoms with Crippen molar-refractivity contribution in [1.29, 1.82) is 0 Å². The molecule has 1 aliphatic rings. The quantitative estimate of drug-likeness (QED) is 0.741. The first-order valence-electron chi connectivity index (χ1n) is 7.53. The molecular formula is C16H13BrN4O3. The summed E-state index contributed by atoms with van der Waals surface area (Å²) in [5.74, 6) is 1.92. The first kappa shape index (κ1) is 15.1. The second-order valence-corrected chi connectivity index (χ2v) is 6.34. The zero-order valence-electron chi connectivity index (χ0n) is 12.6. The van der Waals surface area contributed by atoms with Crippen LogP contribution < -0.4 is 5.56 Å². The van der Waals surface area contributed by atoms with E-state index in [0.29, 0.717) is 40.8 Å². The summed E-state index contributed by atoms with van der Waals surface area (Å²) in [5, 5.41) is 4.45. The first-order chi connectivity index (χ1) is 11.7. The van der Waals surface area contributed by atoms with Gasteiger partial charge in [-0.05, 0) is 37.1 Å². The summed E-state index contributed by atoms with van der Waals surface area (Å²) in [6.07, 6.45) is 4.13. The summed E-state index contributed by atoms with van der Waals surface area (Å²) < 4.78 is 11.6. The molecule has 0 unspecified atom stereocenters. The molecule has 1 aromatic carbocycles. The highest BCUT2D eigenvalue weighted by Gasteiger charge is 2.16. The number of nitrogens with zero attached hydrogens (tertiary/aromatic N) is 3. The predicted octanol–water partition coefficient (Wildman–Crippen LogP) is 2.81. The van der Waals surface area contributed by atoms with Crippen molar-refractivity contribution in [2.75, 3.05) is 6.61 Å². The van der Waals surface area contributed by atoms with Gasteiger partial charge in [0.15, 0.2) is 5.76 Å². The third-order valence-electron chi connectivity index (χ3n) is 3.67. The van der Waals surface area contributed by atoms with Crippen LogP contribution in [-0.2, 0) is 11.2 Å².